The highest BCUT2D eigenvalue weighted by Crippen LogP contribution is 2.30. The van der Waals surface area contributed by atoms with Crippen molar-refractivity contribution in [2.45, 2.75) is 6.29 Å². The van der Waals surface area contributed by atoms with E-state index in [4.69, 9.17) is 14.0 Å². The van der Waals surface area contributed by atoms with Crippen molar-refractivity contribution in [3.8, 4) is 11.5 Å². The van der Waals surface area contributed by atoms with Crippen LogP contribution in [0.3, 0.4) is 0 Å². The molecule has 2 aromatic rings. The van der Waals surface area contributed by atoms with E-state index in [9.17, 15) is 4.79 Å². The van der Waals surface area contributed by atoms with Gasteiger partial charge in [0, 0.05) is 11.6 Å². The molecule has 4 nitrogen and oxygen atoms in total. The predicted octanol–water partition coefficient (Wildman–Crippen LogP) is 2.82. The summed E-state index contributed by atoms with van der Waals surface area (Å²) in [7, 11) is 2.17. The van der Waals surface area contributed by atoms with E-state index in [1.807, 2.05) is 18.2 Å². The minimum absolute atomic E-state index is 0.0865. The Balaban J connectivity index is 1.96. The average molecular weight is 288 g/mol. The molecular weight excluding hydrogens is 275 g/mol. The SMILES string of the molecule is O=C(c1ccccc1)c1ccc(OP)cc1OC1CO1. The summed E-state index contributed by atoms with van der Waals surface area (Å²) in [5.41, 5.74) is 1.12. The van der Waals surface area contributed by atoms with Gasteiger partial charge in [0.2, 0.25) is 6.29 Å². The van der Waals surface area contributed by atoms with Crippen LogP contribution in [0.5, 0.6) is 11.5 Å². The van der Waals surface area contributed by atoms with Crippen LogP contribution in [0, 0.1) is 0 Å². The maximum atomic E-state index is 12.5. The molecule has 2 unspecified atom stereocenters. The van der Waals surface area contributed by atoms with Crippen LogP contribution < -0.4 is 9.26 Å². The van der Waals surface area contributed by atoms with Crippen LogP contribution in [0.2, 0.25) is 0 Å². The number of carbonyl (C=O) groups is 1. The van der Waals surface area contributed by atoms with Gasteiger partial charge in [-0.3, -0.25) is 4.79 Å². The van der Waals surface area contributed by atoms with Crippen molar-refractivity contribution in [3.63, 3.8) is 0 Å². The van der Waals surface area contributed by atoms with Gasteiger partial charge >= 0.3 is 0 Å². The molecule has 1 heterocycles. The fourth-order valence-corrected chi connectivity index (χ4v) is 2.00. The Labute approximate surface area is 118 Å². The Kier molecular flexibility index (Phi) is 3.68. The van der Waals surface area contributed by atoms with E-state index < -0.39 is 0 Å². The van der Waals surface area contributed by atoms with Crippen molar-refractivity contribution in [1.82, 2.24) is 0 Å². The molecule has 1 saturated heterocycles. The van der Waals surface area contributed by atoms with Gasteiger partial charge in [0.15, 0.2) is 5.78 Å². The van der Waals surface area contributed by atoms with Crippen LogP contribution in [-0.2, 0) is 4.74 Å². The van der Waals surface area contributed by atoms with E-state index in [1.54, 1.807) is 30.3 Å². The molecule has 0 aliphatic carbocycles. The van der Waals surface area contributed by atoms with Gasteiger partial charge in [-0.1, -0.05) is 30.3 Å². The van der Waals surface area contributed by atoms with Crippen LogP contribution in [0.4, 0.5) is 0 Å². The van der Waals surface area contributed by atoms with Crippen LogP contribution in [0.15, 0.2) is 48.5 Å². The standard InChI is InChI=1S/C15H13O4P/c16-15(10-4-2-1-3-5-10)12-7-6-11(19-20)8-13(12)18-14-9-17-14/h1-8,14H,9,20H2. The number of ketones is 1. The highest BCUT2D eigenvalue weighted by Gasteiger charge is 2.27. The third-order valence-electron chi connectivity index (χ3n) is 2.93. The van der Waals surface area contributed by atoms with Crippen molar-refractivity contribution in [2.24, 2.45) is 0 Å². The Bertz CT molecular complexity index is 623. The summed E-state index contributed by atoms with van der Waals surface area (Å²) in [6, 6.07) is 14.2. The van der Waals surface area contributed by atoms with Crippen LogP contribution in [0.25, 0.3) is 0 Å². The minimum Gasteiger partial charge on any atom is -0.480 e. The largest absolute Gasteiger partial charge is 0.480 e. The van der Waals surface area contributed by atoms with Gasteiger partial charge < -0.3 is 14.0 Å². The van der Waals surface area contributed by atoms with Gasteiger partial charge in [-0.2, -0.15) is 0 Å². The lowest BCUT2D eigenvalue weighted by Crippen LogP contribution is -2.07. The molecular formula is C15H13O4P. The maximum Gasteiger partial charge on any atom is 0.223 e. The lowest BCUT2D eigenvalue weighted by molar-refractivity contribution is 0.103. The summed E-state index contributed by atoms with van der Waals surface area (Å²) < 4.78 is 15.7. The second-order valence-corrected chi connectivity index (χ2v) is 4.59. The molecule has 0 saturated carbocycles. The zero-order chi connectivity index (χ0) is 13.9. The van der Waals surface area contributed by atoms with E-state index in [0.29, 0.717) is 29.2 Å². The van der Waals surface area contributed by atoms with Gasteiger partial charge in [0.05, 0.1) is 15.0 Å². The van der Waals surface area contributed by atoms with Gasteiger partial charge in [0.1, 0.15) is 18.1 Å². The monoisotopic (exact) mass is 288 g/mol. The van der Waals surface area contributed by atoms with Gasteiger partial charge in [-0.15, -0.1) is 0 Å². The summed E-state index contributed by atoms with van der Waals surface area (Å²) in [5.74, 6) is 0.994. The first kappa shape index (κ1) is 13.1. The molecule has 3 rings (SSSR count). The molecule has 0 radical (unpaired) electrons. The third-order valence-corrected chi connectivity index (χ3v) is 3.20. The first-order chi connectivity index (χ1) is 9.78. The number of hydrogen-bond acceptors (Lipinski definition) is 4. The second-order valence-electron chi connectivity index (χ2n) is 4.35. The molecule has 102 valence electrons. The molecule has 1 aliphatic heterocycles. The predicted molar refractivity (Wildman–Crippen MR) is 77.0 cm³/mol. The molecule has 2 aromatic carbocycles. The lowest BCUT2D eigenvalue weighted by atomic mass is 10.0. The topological polar surface area (TPSA) is 48.1 Å². The van der Waals surface area contributed by atoms with Gasteiger partial charge in [0.25, 0.3) is 0 Å². The molecule has 20 heavy (non-hydrogen) atoms. The maximum absolute atomic E-state index is 12.5. The van der Waals surface area contributed by atoms with Gasteiger partial charge in [-0.05, 0) is 12.1 Å². The summed E-state index contributed by atoms with van der Waals surface area (Å²) in [5, 5.41) is 0. The Morgan fingerprint density at radius 2 is 1.95 bits per heavy atom. The van der Waals surface area contributed by atoms with Crippen molar-refractivity contribution in [3.05, 3.63) is 59.7 Å². The van der Waals surface area contributed by atoms with E-state index in [1.165, 1.54) is 0 Å². The normalized spacial score (nSPS) is 16.6. The molecule has 5 heteroatoms. The highest BCUT2D eigenvalue weighted by atomic mass is 31.0. The van der Waals surface area contributed by atoms with Crippen molar-refractivity contribution < 1.29 is 18.8 Å². The number of benzene rings is 2. The highest BCUT2D eigenvalue weighted by molar-refractivity contribution is 7.10. The van der Waals surface area contributed by atoms with E-state index in [-0.39, 0.29) is 12.1 Å². The smallest absolute Gasteiger partial charge is 0.223 e. The molecule has 0 N–H and O–H groups in total. The van der Waals surface area contributed by atoms with E-state index >= 15 is 0 Å². The first-order valence-corrected chi connectivity index (χ1v) is 6.64. The fourth-order valence-electron chi connectivity index (χ4n) is 1.86. The van der Waals surface area contributed by atoms with Crippen molar-refractivity contribution in [1.29, 1.82) is 0 Å². The number of epoxide rings is 1. The number of rotatable bonds is 5. The van der Waals surface area contributed by atoms with Gasteiger partial charge in [-0.25, -0.2) is 0 Å². The molecule has 1 aliphatic rings. The summed E-state index contributed by atoms with van der Waals surface area (Å²) in [4.78, 5) is 12.5. The first-order valence-electron chi connectivity index (χ1n) is 6.17. The molecule has 0 spiro atoms. The Morgan fingerprint density at radius 1 is 1.20 bits per heavy atom. The molecule has 0 bridgehead atoms. The Hall–Kier alpha value is -1.90. The second kappa shape index (κ2) is 5.61. The van der Waals surface area contributed by atoms with Crippen LogP contribution >= 0.6 is 9.47 Å². The van der Waals surface area contributed by atoms with Crippen LogP contribution in [0.1, 0.15) is 15.9 Å². The molecule has 1 fully saturated rings. The third kappa shape index (κ3) is 2.82. The zero-order valence-electron chi connectivity index (χ0n) is 10.6. The van der Waals surface area contributed by atoms with Crippen molar-refractivity contribution >= 4 is 15.2 Å². The van der Waals surface area contributed by atoms with E-state index in [2.05, 4.69) is 9.47 Å². The number of hydrogen-bond donors (Lipinski definition) is 0. The Morgan fingerprint density at radius 3 is 2.60 bits per heavy atom. The lowest BCUT2D eigenvalue weighted by Gasteiger charge is -2.10. The van der Waals surface area contributed by atoms with Crippen molar-refractivity contribution in [2.75, 3.05) is 6.61 Å². The summed E-state index contributed by atoms with van der Waals surface area (Å²) >= 11 is 0. The molecule has 0 aromatic heterocycles. The fraction of sp³-hybridized carbons (Fsp3) is 0.133. The average Bonchev–Trinajstić information content (AvgIpc) is 3.31. The quantitative estimate of drug-likeness (QED) is 0.482. The molecule has 0 amide bonds. The van der Waals surface area contributed by atoms with Crippen LogP contribution in [-0.4, -0.2) is 18.7 Å². The summed E-state index contributed by atoms with van der Waals surface area (Å²) in [6.07, 6.45) is -0.267. The zero-order valence-corrected chi connectivity index (χ0v) is 11.8. The number of ether oxygens (including phenoxy) is 2. The number of carbonyl (C=O) groups excluding carboxylic acids is 1. The summed E-state index contributed by atoms with van der Waals surface area (Å²) in [6.45, 7) is 0.547. The minimum atomic E-state index is -0.267. The molecule has 2 atom stereocenters. The van der Waals surface area contributed by atoms with E-state index in [0.717, 1.165) is 0 Å².